The molecule has 0 aromatic carbocycles. The van der Waals surface area contributed by atoms with Gasteiger partial charge >= 0.3 is 0 Å². The summed E-state index contributed by atoms with van der Waals surface area (Å²) in [4.78, 5) is 4.06. The molecule has 1 aromatic heterocycles. The van der Waals surface area contributed by atoms with Gasteiger partial charge in [-0.25, -0.2) is 13.4 Å². The Balaban J connectivity index is 2.32. The molecule has 18 heavy (non-hydrogen) atoms. The van der Waals surface area contributed by atoms with Gasteiger partial charge in [0.15, 0.2) is 0 Å². The van der Waals surface area contributed by atoms with Crippen molar-refractivity contribution in [1.29, 1.82) is 0 Å². The largest absolute Gasteiger partial charge is 0.244 e. The molecule has 1 aliphatic rings. The van der Waals surface area contributed by atoms with Crippen molar-refractivity contribution in [2.24, 2.45) is 5.92 Å². The van der Waals surface area contributed by atoms with E-state index in [4.69, 9.17) is 11.6 Å². The van der Waals surface area contributed by atoms with Crippen LogP contribution >= 0.6 is 11.6 Å². The smallest absolute Gasteiger partial charge is 0.243 e. The molecule has 1 fully saturated rings. The molecular formula is C12H17ClN2O2S. The molecule has 2 heterocycles. The summed E-state index contributed by atoms with van der Waals surface area (Å²) in [5.41, 5.74) is 0. The molecule has 0 spiro atoms. The Hall–Kier alpha value is -0.650. The molecule has 2 unspecified atom stereocenters. The monoisotopic (exact) mass is 288 g/mol. The van der Waals surface area contributed by atoms with E-state index in [1.165, 1.54) is 18.3 Å². The summed E-state index contributed by atoms with van der Waals surface area (Å²) < 4.78 is 26.6. The van der Waals surface area contributed by atoms with E-state index >= 15 is 0 Å². The van der Waals surface area contributed by atoms with Gasteiger partial charge in [-0.1, -0.05) is 18.5 Å². The second-order valence-corrected chi connectivity index (χ2v) is 7.20. The number of piperidine rings is 1. The van der Waals surface area contributed by atoms with Gasteiger partial charge in [0.2, 0.25) is 10.0 Å². The molecule has 1 aliphatic heterocycles. The third-order valence-electron chi connectivity index (χ3n) is 3.37. The van der Waals surface area contributed by atoms with Gasteiger partial charge < -0.3 is 0 Å². The van der Waals surface area contributed by atoms with E-state index in [0.29, 0.717) is 17.6 Å². The van der Waals surface area contributed by atoms with Gasteiger partial charge in [0.25, 0.3) is 0 Å². The van der Waals surface area contributed by atoms with Crippen LogP contribution in [0.4, 0.5) is 0 Å². The number of hydrogen-bond donors (Lipinski definition) is 0. The Morgan fingerprint density at radius 2 is 2.06 bits per heavy atom. The van der Waals surface area contributed by atoms with Crippen LogP contribution in [0, 0.1) is 5.92 Å². The maximum atomic E-state index is 12.5. The highest BCUT2D eigenvalue weighted by molar-refractivity contribution is 7.89. The number of pyridine rings is 1. The number of aromatic nitrogens is 1. The van der Waals surface area contributed by atoms with E-state index in [9.17, 15) is 8.42 Å². The summed E-state index contributed by atoms with van der Waals surface area (Å²) in [7, 11) is -3.45. The Kier molecular flexibility index (Phi) is 3.94. The predicted molar refractivity (Wildman–Crippen MR) is 71.0 cm³/mol. The highest BCUT2D eigenvalue weighted by Gasteiger charge is 2.33. The summed E-state index contributed by atoms with van der Waals surface area (Å²) in [5.74, 6) is 0.399. The first-order chi connectivity index (χ1) is 8.41. The molecule has 0 aliphatic carbocycles. The molecule has 0 bridgehead atoms. The minimum Gasteiger partial charge on any atom is -0.243 e. The fraction of sp³-hybridized carbons (Fsp3) is 0.583. The average Bonchev–Trinajstić information content (AvgIpc) is 2.32. The Morgan fingerprint density at radius 1 is 1.33 bits per heavy atom. The maximum absolute atomic E-state index is 12.5. The van der Waals surface area contributed by atoms with Crippen LogP contribution in [0.3, 0.4) is 0 Å². The summed E-state index contributed by atoms with van der Waals surface area (Å²) in [6.07, 6.45) is 3.30. The second kappa shape index (κ2) is 5.15. The molecule has 100 valence electrons. The van der Waals surface area contributed by atoms with Crippen molar-refractivity contribution in [1.82, 2.24) is 9.29 Å². The fourth-order valence-electron chi connectivity index (χ4n) is 2.23. The van der Waals surface area contributed by atoms with Crippen molar-refractivity contribution in [2.45, 2.75) is 37.6 Å². The lowest BCUT2D eigenvalue weighted by Gasteiger charge is -2.35. The summed E-state index contributed by atoms with van der Waals surface area (Å²) >= 11 is 5.68. The number of rotatable bonds is 2. The van der Waals surface area contributed by atoms with Gasteiger partial charge in [0.1, 0.15) is 10.0 Å². The first kappa shape index (κ1) is 13.8. The summed E-state index contributed by atoms with van der Waals surface area (Å²) in [6, 6.07) is 3.06. The lowest BCUT2D eigenvalue weighted by molar-refractivity contribution is 0.218. The maximum Gasteiger partial charge on any atom is 0.244 e. The molecule has 1 aromatic rings. The molecule has 0 amide bonds. The van der Waals surface area contributed by atoms with E-state index < -0.39 is 10.0 Å². The normalized spacial score (nSPS) is 26.2. The third kappa shape index (κ3) is 2.68. The number of halogens is 1. The summed E-state index contributed by atoms with van der Waals surface area (Å²) in [6.45, 7) is 4.60. The topological polar surface area (TPSA) is 50.3 Å². The predicted octanol–water partition coefficient (Wildman–Crippen LogP) is 2.54. The van der Waals surface area contributed by atoms with Crippen LogP contribution in [-0.4, -0.2) is 30.3 Å². The van der Waals surface area contributed by atoms with Crippen molar-refractivity contribution in [2.75, 3.05) is 6.54 Å². The van der Waals surface area contributed by atoms with Crippen LogP contribution in [0.1, 0.15) is 26.7 Å². The molecule has 0 radical (unpaired) electrons. The Bertz CT molecular complexity index is 515. The van der Waals surface area contributed by atoms with Gasteiger partial charge in [-0.2, -0.15) is 4.31 Å². The van der Waals surface area contributed by atoms with E-state index in [2.05, 4.69) is 11.9 Å². The van der Waals surface area contributed by atoms with Gasteiger partial charge in [0.05, 0.1) is 0 Å². The lowest BCUT2D eigenvalue weighted by Crippen LogP contribution is -2.44. The molecule has 2 rings (SSSR count). The second-order valence-electron chi connectivity index (χ2n) is 4.92. The molecule has 0 saturated carbocycles. The van der Waals surface area contributed by atoms with Crippen molar-refractivity contribution >= 4 is 21.6 Å². The number of hydrogen-bond acceptors (Lipinski definition) is 3. The standard InChI is InChI=1S/C12H17ClN2O2S/c1-9-3-4-10(2)15(8-9)18(16,17)11-5-6-12(13)14-7-11/h5-7,9-10H,3-4,8H2,1-2H3. The van der Waals surface area contributed by atoms with Gasteiger partial charge in [-0.05, 0) is 37.8 Å². The molecule has 1 saturated heterocycles. The minimum absolute atomic E-state index is 0.0434. The molecular weight excluding hydrogens is 272 g/mol. The first-order valence-corrected chi connectivity index (χ1v) is 7.86. The van der Waals surface area contributed by atoms with Crippen LogP contribution in [0.15, 0.2) is 23.2 Å². The molecule has 6 heteroatoms. The van der Waals surface area contributed by atoms with Crippen molar-refractivity contribution in [3.8, 4) is 0 Å². The Labute approximate surface area is 113 Å². The number of sulfonamides is 1. The molecule has 4 nitrogen and oxygen atoms in total. The molecule has 0 N–H and O–H groups in total. The van der Waals surface area contributed by atoms with E-state index in [0.717, 1.165) is 12.8 Å². The van der Waals surface area contributed by atoms with Gasteiger partial charge in [0, 0.05) is 18.8 Å². The van der Waals surface area contributed by atoms with Crippen molar-refractivity contribution in [3.05, 3.63) is 23.5 Å². The Morgan fingerprint density at radius 3 is 2.67 bits per heavy atom. The van der Waals surface area contributed by atoms with Crippen LogP contribution in [0.2, 0.25) is 5.15 Å². The molecule has 2 atom stereocenters. The fourth-order valence-corrected chi connectivity index (χ4v) is 4.07. The van der Waals surface area contributed by atoms with Crippen molar-refractivity contribution < 1.29 is 8.42 Å². The van der Waals surface area contributed by atoms with Gasteiger partial charge in [-0.15, -0.1) is 0 Å². The zero-order valence-electron chi connectivity index (χ0n) is 10.5. The SMILES string of the molecule is CC1CCC(C)N(S(=O)(=O)c2ccc(Cl)nc2)C1. The van der Waals surface area contributed by atoms with Crippen molar-refractivity contribution in [3.63, 3.8) is 0 Å². The zero-order chi connectivity index (χ0) is 13.3. The third-order valence-corrected chi connectivity index (χ3v) is 5.55. The van der Waals surface area contributed by atoms with Crippen LogP contribution in [0.5, 0.6) is 0 Å². The van der Waals surface area contributed by atoms with Crippen LogP contribution in [-0.2, 0) is 10.0 Å². The highest BCUT2D eigenvalue weighted by Crippen LogP contribution is 2.27. The van der Waals surface area contributed by atoms with Crippen LogP contribution in [0.25, 0.3) is 0 Å². The van der Waals surface area contributed by atoms with E-state index in [1.807, 2.05) is 6.92 Å². The van der Waals surface area contributed by atoms with E-state index in [1.54, 1.807) is 4.31 Å². The highest BCUT2D eigenvalue weighted by atomic mass is 35.5. The van der Waals surface area contributed by atoms with Crippen LogP contribution < -0.4 is 0 Å². The first-order valence-electron chi connectivity index (χ1n) is 6.04. The number of nitrogens with zero attached hydrogens (tertiary/aromatic N) is 2. The lowest BCUT2D eigenvalue weighted by atomic mass is 9.97. The average molecular weight is 289 g/mol. The summed E-state index contributed by atoms with van der Waals surface area (Å²) in [5, 5.41) is 0.300. The van der Waals surface area contributed by atoms with E-state index in [-0.39, 0.29) is 10.9 Å². The zero-order valence-corrected chi connectivity index (χ0v) is 12.1. The minimum atomic E-state index is -3.45. The van der Waals surface area contributed by atoms with Gasteiger partial charge in [-0.3, -0.25) is 0 Å². The quantitative estimate of drug-likeness (QED) is 0.786.